The first kappa shape index (κ1) is 13.7. The van der Waals surface area contributed by atoms with Crippen molar-refractivity contribution in [2.45, 2.75) is 13.3 Å². The first-order chi connectivity index (χ1) is 11.1. The van der Waals surface area contributed by atoms with Gasteiger partial charge in [-0.1, -0.05) is 18.2 Å². The number of carbonyl (C=O) groups is 2. The summed E-state index contributed by atoms with van der Waals surface area (Å²) in [5, 5.41) is 0. The molecule has 1 aliphatic rings. The average Bonchev–Trinajstić information content (AvgIpc) is 3.06. The lowest BCUT2D eigenvalue weighted by molar-refractivity contribution is 0.0656. The fourth-order valence-corrected chi connectivity index (χ4v) is 2.94. The van der Waals surface area contributed by atoms with E-state index in [0.717, 1.165) is 16.9 Å². The van der Waals surface area contributed by atoms with Crippen molar-refractivity contribution < 1.29 is 9.59 Å². The van der Waals surface area contributed by atoms with Crippen LogP contribution in [0.2, 0.25) is 0 Å². The van der Waals surface area contributed by atoms with Gasteiger partial charge in [0.05, 0.1) is 16.8 Å². The fourth-order valence-electron chi connectivity index (χ4n) is 2.94. The molecule has 3 aromatic rings. The van der Waals surface area contributed by atoms with Crippen molar-refractivity contribution >= 4 is 17.5 Å². The molecule has 0 aliphatic carbocycles. The Balaban J connectivity index is 1.55. The van der Waals surface area contributed by atoms with Gasteiger partial charge in [0.15, 0.2) is 0 Å². The van der Waals surface area contributed by atoms with Crippen LogP contribution in [-0.4, -0.2) is 32.6 Å². The van der Waals surface area contributed by atoms with Gasteiger partial charge in [-0.15, -0.1) is 0 Å². The summed E-state index contributed by atoms with van der Waals surface area (Å²) in [7, 11) is 0. The Labute approximate surface area is 133 Å². The van der Waals surface area contributed by atoms with Crippen molar-refractivity contribution in [3.05, 3.63) is 71.2 Å². The zero-order valence-corrected chi connectivity index (χ0v) is 12.7. The molecule has 2 amide bonds. The monoisotopic (exact) mass is 305 g/mol. The summed E-state index contributed by atoms with van der Waals surface area (Å²) in [6, 6.07) is 10.9. The number of benzene rings is 1. The number of hydrogen-bond donors (Lipinski definition) is 0. The average molecular weight is 305 g/mol. The minimum Gasteiger partial charge on any atom is -0.307 e. The van der Waals surface area contributed by atoms with Crippen LogP contribution < -0.4 is 0 Å². The summed E-state index contributed by atoms with van der Waals surface area (Å²) < 4.78 is 1.97. The van der Waals surface area contributed by atoms with E-state index in [4.69, 9.17) is 0 Å². The summed E-state index contributed by atoms with van der Waals surface area (Å²) in [5.41, 5.74) is 3.87. The van der Waals surface area contributed by atoms with Crippen LogP contribution in [0.25, 0.3) is 5.65 Å². The van der Waals surface area contributed by atoms with E-state index in [1.807, 2.05) is 35.9 Å². The fraction of sp³-hybridized carbons (Fsp3) is 0.167. The Hall–Kier alpha value is -2.95. The number of imidazole rings is 1. The van der Waals surface area contributed by atoms with Gasteiger partial charge in [0.1, 0.15) is 5.65 Å². The summed E-state index contributed by atoms with van der Waals surface area (Å²) >= 11 is 0. The third kappa shape index (κ3) is 2.21. The maximum absolute atomic E-state index is 12.3. The summed E-state index contributed by atoms with van der Waals surface area (Å²) in [5.74, 6) is -0.435. The van der Waals surface area contributed by atoms with Crippen LogP contribution in [0, 0.1) is 6.92 Å². The Morgan fingerprint density at radius 2 is 1.65 bits per heavy atom. The number of fused-ring (bicyclic) bond motifs is 2. The van der Waals surface area contributed by atoms with Gasteiger partial charge < -0.3 is 4.40 Å². The van der Waals surface area contributed by atoms with Gasteiger partial charge >= 0.3 is 0 Å². The molecular formula is C18H15N3O2. The lowest BCUT2D eigenvalue weighted by Crippen LogP contribution is -2.31. The van der Waals surface area contributed by atoms with E-state index in [2.05, 4.69) is 4.98 Å². The topological polar surface area (TPSA) is 54.7 Å². The quantitative estimate of drug-likeness (QED) is 0.699. The molecule has 4 rings (SSSR count). The molecule has 0 unspecified atom stereocenters. The number of carbonyl (C=O) groups excluding carboxylic acids is 2. The molecule has 1 aliphatic heterocycles. The first-order valence-electron chi connectivity index (χ1n) is 7.53. The van der Waals surface area contributed by atoms with Crippen LogP contribution >= 0.6 is 0 Å². The third-order valence-electron chi connectivity index (χ3n) is 4.12. The summed E-state index contributed by atoms with van der Waals surface area (Å²) in [6.45, 7) is 2.37. The van der Waals surface area contributed by atoms with E-state index in [1.165, 1.54) is 4.90 Å². The minimum atomic E-state index is -0.217. The van der Waals surface area contributed by atoms with Gasteiger partial charge in [-0.2, -0.15) is 0 Å². The van der Waals surface area contributed by atoms with Gasteiger partial charge in [-0.05, 0) is 30.7 Å². The molecular weight excluding hydrogens is 290 g/mol. The highest BCUT2D eigenvalue weighted by molar-refractivity contribution is 6.21. The van der Waals surface area contributed by atoms with Crippen molar-refractivity contribution in [2.24, 2.45) is 0 Å². The number of hydrogen-bond acceptors (Lipinski definition) is 3. The molecule has 0 saturated heterocycles. The number of nitrogens with zero attached hydrogens (tertiary/aromatic N) is 3. The third-order valence-corrected chi connectivity index (χ3v) is 4.12. The maximum Gasteiger partial charge on any atom is 0.261 e. The minimum absolute atomic E-state index is 0.217. The standard InChI is InChI=1S/C18H15N3O2/c1-12-6-7-16-19-13(11-20(16)10-12)8-9-21-17(22)14-4-2-3-5-15(14)18(21)23/h2-7,10-11H,8-9H2,1H3. The normalized spacial score (nSPS) is 13.9. The number of aromatic nitrogens is 2. The van der Waals surface area contributed by atoms with Crippen LogP contribution in [0.1, 0.15) is 32.0 Å². The largest absolute Gasteiger partial charge is 0.307 e. The second kappa shape index (κ2) is 5.05. The van der Waals surface area contributed by atoms with Crippen molar-refractivity contribution in [1.29, 1.82) is 0 Å². The predicted molar refractivity (Wildman–Crippen MR) is 85.4 cm³/mol. The van der Waals surface area contributed by atoms with Crippen molar-refractivity contribution in [1.82, 2.24) is 14.3 Å². The van der Waals surface area contributed by atoms with E-state index in [0.29, 0.717) is 24.1 Å². The zero-order valence-electron chi connectivity index (χ0n) is 12.7. The number of aryl methyl sites for hydroxylation is 1. The van der Waals surface area contributed by atoms with E-state index < -0.39 is 0 Å². The highest BCUT2D eigenvalue weighted by atomic mass is 16.2. The van der Waals surface area contributed by atoms with E-state index in [-0.39, 0.29) is 11.8 Å². The Morgan fingerprint density at radius 3 is 2.35 bits per heavy atom. The summed E-state index contributed by atoms with van der Waals surface area (Å²) in [6.07, 6.45) is 4.50. The van der Waals surface area contributed by atoms with E-state index in [1.54, 1.807) is 24.3 Å². The van der Waals surface area contributed by atoms with Gasteiger partial charge in [0.25, 0.3) is 11.8 Å². The smallest absolute Gasteiger partial charge is 0.261 e. The molecule has 23 heavy (non-hydrogen) atoms. The van der Waals surface area contributed by atoms with Gasteiger partial charge in [0.2, 0.25) is 0 Å². The maximum atomic E-state index is 12.3. The molecule has 0 fully saturated rings. The number of imide groups is 1. The molecule has 0 atom stereocenters. The van der Waals surface area contributed by atoms with Crippen LogP contribution in [0.3, 0.4) is 0 Å². The molecule has 0 bridgehead atoms. The Kier molecular flexibility index (Phi) is 3.01. The molecule has 5 heteroatoms. The highest BCUT2D eigenvalue weighted by Gasteiger charge is 2.34. The predicted octanol–water partition coefficient (Wildman–Crippen LogP) is 2.48. The summed E-state index contributed by atoms with van der Waals surface area (Å²) in [4.78, 5) is 30.5. The highest BCUT2D eigenvalue weighted by Crippen LogP contribution is 2.22. The van der Waals surface area contributed by atoms with Crippen LogP contribution in [0.5, 0.6) is 0 Å². The molecule has 0 saturated carbocycles. The molecule has 2 aromatic heterocycles. The van der Waals surface area contributed by atoms with Crippen molar-refractivity contribution in [3.63, 3.8) is 0 Å². The van der Waals surface area contributed by atoms with Crippen LogP contribution in [0.4, 0.5) is 0 Å². The first-order valence-corrected chi connectivity index (χ1v) is 7.53. The van der Waals surface area contributed by atoms with E-state index in [9.17, 15) is 9.59 Å². The van der Waals surface area contributed by atoms with Crippen LogP contribution in [0.15, 0.2) is 48.8 Å². The zero-order chi connectivity index (χ0) is 16.0. The van der Waals surface area contributed by atoms with E-state index >= 15 is 0 Å². The van der Waals surface area contributed by atoms with Crippen LogP contribution in [-0.2, 0) is 6.42 Å². The molecule has 0 spiro atoms. The number of pyridine rings is 1. The molecule has 5 nitrogen and oxygen atoms in total. The molecule has 0 radical (unpaired) electrons. The second-order valence-electron chi connectivity index (χ2n) is 5.76. The van der Waals surface area contributed by atoms with Gasteiger partial charge in [-0.3, -0.25) is 14.5 Å². The second-order valence-corrected chi connectivity index (χ2v) is 5.76. The molecule has 0 N–H and O–H groups in total. The Morgan fingerprint density at radius 1 is 0.957 bits per heavy atom. The number of rotatable bonds is 3. The van der Waals surface area contributed by atoms with Gasteiger partial charge in [-0.25, -0.2) is 4.98 Å². The van der Waals surface area contributed by atoms with Gasteiger partial charge in [0, 0.05) is 25.4 Å². The lowest BCUT2D eigenvalue weighted by atomic mass is 10.1. The van der Waals surface area contributed by atoms with Crippen molar-refractivity contribution in [3.8, 4) is 0 Å². The Bertz CT molecular complexity index is 907. The molecule has 3 heterocycles. The number of amides is 2. The molecule has 114 valence electrons. The lowest BCUT2D eigenvalue weighted by Gasteiger charge is -2.12. The molecule has 1 aromatic carbocycles. The SMILES string of the molecule is Cc1ccc2nc(CCN3C(=O)c4ccccc4C3=O)cn2c1. The van der Waals surface area contributed by atoms with Crippen molar-refractivity contribution in [2.75, 3.05) is 6.54 Å².